The summed E-state index contributed by atoms with van der Waals surface area (Å²) in [6, 6.07) is 10.1. The van der Waals surface area contributed by atoms with Crippen molar-refractivity contribution in [3.63, 3.8) is 0 Å². The van der Waals surface area contributed by atoms with Gasteiger partial charge in [-0.1, -0.05) is 11.6 Å². The molecule has 0 saturated heterocycles. The zero-order chi connectivity index (χ0) is 19.9. The summed E-state index contributed by atoms with van der Waals surface area (Å²) in [6.45, 7) is 0. The van der Waals surface area contributed by atoms with Crippen LogP contribution in [-0.2, 0) is 6.18 Å². The van der Waals surface area contributed by atoms with Crippen LogP contribution in [0.5, 0.6) is 5.88 Å². The third-order valence-electron chi connectivity index (χ3n) is 4.16. The largest absolute Gasteiger partial charge is 0.481 e. The van der Waals surface area contributed by atoms with Crippen molar-refractivity contribution in [2.45, 2.75) is 6.18 Å². The molecule has 0 fully saturated rings. The van der Waals surface area contributed by atoms with Gasteiger partial charge in [-0.05, 0) is 36.4 Å². The topological polar surface area (TPSA) is 52.8 Å². The predicted octanol–water partition coefficient (Wildman–Crippen LogP) is 5.16. The lowest BCUT2D eigenvalue weighted by atomic mass is 10.2. The zero-order valence-electron chi connectivity index (χ0n) is 14.4. The van der Waals surface area contributed by atoms with E-state index >= 15 is 0 Å². The summed E-state index contributed by atoms with van der Waals surface area (Å²) < 4.78 is 46.1. The Balaban J connectivity index is 1.98. The molecular formula is C19H12ClF3N4O. The Labute approximate surface area is 162 Å². The first-order valence-corrected chi connectivity index (χ1v) is 8.46. The van der Waals surface area contributed by atoms with E-state index in [4.69, 9.17) is 16.3 Å². The fraction of sp³-hybridized carbons (Fsp3) is 0.105. The number of hydrogen-bond donors (Lipinski definition) is 0. The Morgan fingerprint density at radius 3 is 2.43 bits per heavy atom. The summed E-state index contributed by atoms with van der Waals surface area (Å²) in [5.41, 5.74) is 1.16. The molecule has 28 heavy (non-hydrogen) atoms. The second-order valence-electron chi connectivity index (χ2n) is 5.90. The van der Waals surface area contributed by atoms with Crippen molar-refractivity contribution >= 4 is 22.6 Å². The molecule has 4 aromatic rings. The van der Waals surface area contributed by atoms with E-state index in [1.807, 2.05) is 0 Å². The first-order valence-electron chi connectivity index (χ1n) is 8.09. The third kappa shape index (κ3) is 3.27. The fourth-order valence-electron chi connectivity index (χ4n) is 2.85. The molecule has 0 spiro atoms. The minimum absolute atomic E-state index is 0.204. The molecule has 142 valence electrons. The molecule has 0 aliphatic heterocycles. The lowest BCUT2D eigenvalue weighted by Crippen LogP contribution is -2.04. The van der Waals surface area contributed by atoms with E-state index in [-0.39, 0.29) is 5.52 Å². The lowest BCUT2D eigenvalue weighted by Gasteiger charge is -2.10. The highest BCUT2D eigenvalue weighted by Crippen LogP contribution is 2.34. The number of alkyl halides is 3. The van der Waals surface area contributed by atoms with Crippen molar-refractivity contribution in [2.24, 2.45) is 0 Å². The first kappa shape index (κ1) is 18.2. The van der Waals surface area contributed by atoms with Gasteiger partial charge in [0, 0.05) is 17.8 Å². The summed E-state index contributed by atoms with van der Waals surface area (Å²) >= 11 is 5.85. The van der Waals surface area contributed by atoms with Crippen LogP contribution in [0.25, 0.3) is 28.1 Å². The van der Waals surface area contributed by atoms with Gasteiger partial charge in [-0.25, -0.2) is 15.0 Å². The van der Waals surface area contributed by atoms with Crippen LogP contribution in [0.1, 0.15) is 5.56 Å². The zero-order valence-corrected chi connectivity index (χ0v) is 15.2. The molecule has 5 nitrogen and oxygen atoms in total. The molecule has 1 aromatic carbocycles. The number of halogens is 4. The number of benzene rings is 1. The summed E-state index contributed by atoms with van der Waals surface area (Å²) in [5, 5.41) is 0.303. The molecular weight excluding hydrogens is 393 g/mol. The molecule has 0 bridgehead atoms. The molecule has 0 aliphatic rings. The maximum absolute atomic E-state index is 13.1. The van der Waals surface area contributed by atoms with E-state index in [0.29, 0.717) is 33.6 Å². The summed E-state index contributed by atoms with van der Waals surface area (Å²) in [7, 11) is 1.50. The van der Waals surface area contributed by atoms with Crippen LogP contribution < -0.4 is 4.74 Å². The van der Waals surface area contributed by atoms with Gasteiger partial charge >= 0.3 is 6.18 Å². The number of imidazole rings is 1. The summed E-state index contributed by atoms with van der Waals surface area (Å²) in [6.07, 6.45) is -1.38. The lowest BCUT2D eigenvalue weighted by molar-refractivity contribution is -0.137. The fourth-order valence-corrected chi connectivity index (χ4v) is 2.96. The Hall–Kier alpha value is -3.13. The van der Waals surface area contributed by atoms with Gasteiger partial charge in [-0.15, -0.1) is 0 Å². The highest BCUT2D eigenvalue weighted by molar-refractivity contribution is 6.29. The number of fused-ring (bicyclic) bond motifs is 1. The first-order chi connectivity index (χ1) is 13.4. The van der Waals surface area contributed by atoms with E-state index in [1.165, 1.54) is 19.4 Å². The molecule has 0 amide bonds. The second-order valence-corrected chi connectivity index (χ2v) is 6.29. The molecule has 0 unspecified atom stereocenters. The van der Waals surface area contributed by atoms with Crippen molar-refractivity contribution in [1.82, 2.24) is 19.5 Å². The molecule has 0 atom stereocenters. The number of ether oxygens (including phenoxy) is 1. The third-order valence-corrected chi connectivity index (χ3v) is 4.38. The molecule has 9 heteroatoms. The maximum Gasteiger partial charge on any atom is 0.416 e. The van der Waals surface area contributed by atoms with Gasteiger partial charge in [0.1, 0.15) is 11.0 Å². The SMILES string of the molecule is COc1ccc(-n2c(-c3ccc(Cl)nc3)nc3cc(C(F)(F)F)ccc32)cn1. The smallest absolute Gasteiger partial charge is 0.416 e. The van der Waals surface area contributed by atoms with E-state index in [0.717, 1.165) is 12.1 Å². The van der Waals surface area contributed by atoms with Crippen LogP contribution in [0.4, 0.5) is 13.2 Å². The van der Waals surface area contributed by atoms with Gasteiger partial charge in [-0.2, -0.15) is 13.2 Å². The second kappa shape index (κ2) is 6.79. The molecule has 0 aliphatic carbocycles. The van der Waals surface area contributed by atoms with Crippen LogP contribution in [-0.4, -0.2) is 26.6 Å². The summed E-state index contributed by atoms with van der Waals surface area (Å²) in [4.78, 5) is 12.6. The molecule has 0 N–H and O–H groups in total. The minimum Gasteiger partial charge on any atom is -0.481 e. The number of rotatable bonds is 3. The Bertz CT molecular complexity index is 1140. The number of nitrogens with zero attached hydrogens (tertiary/aromatic N) is 4. The molecule has 3 heterocycles. The van der Waals surface area contributed by atoms with Crippen LogP contribution in [0.3, 0.4) is 0 Å². The van der Waals surface area contributed by atoms with Gasteiger partial charge in [0.25, 0.3) is 0 Å². The number of hydrogen-bond acceptors (Lipinski definition) is 4. The molecule has 0 radical (unpaired) electrons. The minimum atomic E-state index is -4.46. The van der Waals surface area contributed by atoms with E-state index < -0.39 is 11.7 Å². The van der Waals surface area contributed by atoms with Gasteiger partial charge < -0.3 is 4.74 Å². The van der Waals surface area contributed by atoms with E-state index in [9.17, 15) is 13.2 Å². The van der Waals surface area contributed by atoms with Gasteiger partial charge in [0.15, 0.2) is 0 Å². The van der Waals surface area contributed by atoms with Crippen molar-refractivity contribution in [1.29, 1.82) is 0 Å². The van der Waals surface area contributed by atoms with Crippen LogP contribution in [0, 0.1) is 0 Å². The normalized spacial score (nSPS) is 11.8. The van der Waals surface area contributed by atoms with Crippen LogP contribution in [0.15, 0.2) is 54.9 Å². The average Bonchev–Trinajstić information content (AvgIpc) is 3.06. The molecule has 4 rings (SSSR count). The van der Waals surface area contributed by atoms with Crippen LogP contribution >= 0.6 is 11.6 Å². The summed E-state index contributed by atoms with van der Waals surface area (Å²) in [5.74, 6) is 0.840. The van der Waals surface area contributed by atoms with Crippen molar-refractivity contribution in [3.05, 3.63) is 65.6 Å². The molecule has 0 saturated carbocycles. The number of pyridine rings is 2. The monoisotopic (exact) mass is 404 g/mol. The van der Waals surface area contributed by atoms with Gasteiger partial charge in [0.2, 0.25) is 5.88 Å². The Morgan fingerprint density at radius 2 is 1.82 bits per heavy atom. The quantitative estimate of drug-likeness (QED) is 0.442. The van der Waals surface area contributed by atoms with E-state index in [1.54, 1.807) is 35.0 Å². The van der Waals surface area contributed by atoms with Crippen molar-refractivity contribution in [3.8, 4) is 23.0 Å². The van der Waals surface area contributed by atoms with Gasteiger partial charge in [-0.3, -0.25) is 4.57 Å². The number of methoxy groups -OCH3 is 1. The Morgan fingerprint density at radius 1 is 1.00 bits per heavy atom. The van der Waals surface area contributed by atoms with Gasteiger partial charge in [0.05, 0.1) is 35.6 Å². The maximum atomic E-state index is 13.1. The standard InChI is InChI=1S/C19H12ClF3N4O/c1-28-17-7-4-13(10-25-17)27-15-5-3-12(19(21,22)23)8-14(15)26-18(27)11-2-6-16(20)24-9-11/h2-10H,1H3. The highest BCUT2D eigenvalue weighted by Gasteiger charge is 2.31. The van der Waals surface area contributed by atoms with Crippen molar-refractivity contribution < 1.29 is 17.9 Å². The predicted molar refractivity (Wildman–Crippen MR) is 98.7 cm³/mol. The number of aromatic nitrogens is 4. The van der Waals surface area contributed by atoms with Crippen LogP contribution in [0.2, 0.25) is 5.15 Å². The molecule has 3 aromatic heterocycles. The Kier molecular flexibility index (Phi) is 4.43. The highest BCUT2D eigenvalue weighted by atomic mass is 35.5. The van der Waals surface area contributed by atoms with E-state index in [2.05, 4.69) is 15.0 Å². The van der Waals surface area contributed by atoms with Crippen molar-refractivity contribution in [2.75, 3.05) is 7.11 Å². The average molecular weight is 405 g/mol.